The summed E-state index contributed by atoms with van der Waals surface area (Å²) in [5.74, 6) is 0.323. The molecule has 48 heavy (non-hydrogen) atoms. The molecule has 0 saturated heterocycles. The highest BCUT2D eigenvalue weighted by Crippen LogP contribution is 2.47. The lowest BCUT2D eigenvalue weighted by atomic mass is 10.0. The van der Waals surface area contributed by atoms with Gasteiger partial charge in [-0.15, -0.1) is 0 Å². The molecule has 0 radical (unpaired) electrons. The van der Waals surface area contributed by atoms with Gasteiger partial charge in [0, 0.05) is 32.2 Å². The molecule has 0 saturated carbocycles. The van der Waals surface area contributed by atoms with Crippen LogP contribution in [-0.4, -0.2) is 82.1 Å². The van der Waals surface area contributed by atoms with Gasteiger partial charge in [-0.05, 0) is 66.8 Å². The Kier molecular flexibility index (Phi) is 15.5. The Labute approximate surface area is 284 Å². The fourth-order valence-corrected chi connectivity index (χ4v) is 7.77. The Morgan fingerprint density at radius 2 is 1.60 bits per heavy atom. The molecule has 0 aromatic heterocycles. The van der Waals surface area contributed by atoms with E-state index in [4.69, 9.17) is 24.3 Å². The quantitative estimate of drug-likeness (QED) is 0.0826. The average molecular weight is 706 g/mol. The van der Waals surface area contributed by atoms with E-state index in [0.717, 1.165) is 11.1 Å². The van der Waals surface area contributed by atoms with Crippen molar-refractivity contribution in [3.05, 3.63) is 90.0 Å². The van der Waals surface area contributed by atoms with Gasteiger partial charge in [-0.3, -0.25) is 4.52 Å². The summed E-state index contributed by atoms with van der Waals surface area (Å²) in [6.07, 6.45) is -0.739. The van der Waals surface area contributed by atoms with Crippen molar-refractivity contribution < 1.29 is 41.4 Å². The number of sulfonamides is 1. The molecule has 3 aromatic carbocycles. The van der Waals surface area contributed by atoms with Crippen LogP contribution in [0.25, 0.3) is 0 Å². The molecule has 3 unspecified atom stereocenters. The number of nitrogens with two attached hydrogens (primary N) is 1. The first-order valence-corrected chi connectivity index (χ1v) is 19.0. The molecule has 0 aliphatic heterocycles. The van der Waals surface area contributed by atoms with Crippen molar-refractivity contribution in [3.63, 3.8) is 0 Å². The molecule has 3 rings (SSSR count). The zero-order valence-electron chi connectivity index (χ0n) is 28.0. The number of para-hydroxylation sites is 1. The molecule has 0 aliphatic carbocycles. The Morgan fingerprint density at radius 3 is 2.21 bits per heavy atom. The van der Waals surface area contributed by atoms with Crippen molar-refractivity contribution in [2.24, 2.45) is 11.7 Å². The van der Waals surface area contributed by atoms with Crippen LogP contribution in [0.4, 0.5) is 0 Å². The largest absolute Gasteiger partial charge is 0.497 e. The Morgan fingerprint density at radius 1 is 0.958 bits per heavy atom. The fourth-order valence-electron chi connectivity index (χ4n) is 4.70. The fraction of sp³-hybridized carbons (Fsp3) is 0.441. The van der Waals surface area contributed by atoms with Gasteiger partial charge in [0.1, 0.15) is 11.5 Å². The molecule has 3 aromatic rings. The minimum atomic E-state index is -3.87. The Hall–Kier alpha value is -3.29. The molecule has 4 N–H and O–H groups in total. The number of esters is 1. The molecular weight excluding hydrogens is 657 g/mol. The molecule has 0 bridgehead atoms. The minimum Gasteiger partial charge on any atom is -0.497 e. The lowest BCUT2D eigenvalue weighted by Crippen LogP contribution is -2.47. The second-order valence-electron chi connectivity index (χ2n) is 11.6. The van der Waals surface area contributed by atoms with Gasteiger partial charge in [0.05, 0.1) is 30.9 Å². The number of ether oxygens (including phenoxy) is 2. The van der Waals surface area contributed by atoms with E-state index in [2.05, 4.69) is 5.32 Å². The van der Waals surface area contributed by atoms with Crippen molar-refractivity contribution in [2.45, 2.75) is 50.8 Å². The van der Waals surface area contributed by atoms with Crippen molar-refractivity contribution in [1.82, 2.24) is 9.62 Å². The van der Waals surface area contributed by atoms with Gasteiger partial charge in [0.2, 0.25) is 10.0 Å². The number of nitrogens with zero attached hydrogens (tertiary/aromatic N) is 1. The van der Waals surface area contributed by atoms with Crippen LogP contribution in [0.3, 0.4) is 0 Å². The molecule has 3 atom stereocenters. The first-order chi connectivity index (χ1) is 22.8. The standard InChI is InChI=1S/C34H48N3O9PS/c1-5-44-34(39)25-45-47(40,46-30-9-7-6-8-10-30)20-19-36-22-28-13-11-27(12-14-28)21-32(35)33(38)24-37(23-26(2)3)48(41,42)31-17-15-29(43-4)16-18-31/h6-18,26,32-33,36,38H,5,19-25,35H2,1-4H3. The molecule has 0 spiro atoms. The summed E-state index contributed by atoms with van der Waals surface area (Å²) >= 11 is 0. The molecule has 0 fully saturated rings. The van der Waals surface area contributed by atoms with Crippen LogP contribution in [0, 0.1) is 5.92 Å². The van der Waals surface area contributed by atoms with Gasteiger partial charge in [0.25, 0.3) is 0 Å². The second-order valence-corrected chi connectivity index (χ2v) is 15.7. The van der Waals surface area contributed by atoms with Gasteiger partial charge < -0.3 is 30.2 Å². The van der Waals surface area contributed by atoms with Crippen LogP contribution >= 0.6 is 7.60 Å². The van der Waals surface area contributed by atoms with Crippen LogP contribution in [0.5, 0.6) is 11.5 Å². The number of hydrogen-bond acceptors (Lipinski definition) is 11. The van der Waals surface area contributed by atoms with Gasteiger partial charge in [-0.25, -0.2) is 17.8 Å². The summed E-state index contributed by atoms with van der Waals surface area (Å²) in [6, 6.07) is 21.7. The van der Waals surface area contributed by atoms with Gasteiger partial charge in [0.15, 0.2) is 6.61 Å². The van der Waals surface area contributed by atoms with Gasteiger partial charge >= 0.3 is 13.6 Å². The van der Waals surface area contributed by atoms with Crippen LogP contribution in [0.2, 0.25) is 0 Å². The summed E-state index contributed by atoms with van der Waals surface area (Å²) in [5, 5.41) is 14.2. The van der Waals surface area contributed by atoms with E-state index in [0.29, 0.717) is 24.5 Å². The number of hydrogen-bond donors (Lipinski definition) is 3. The van der Waals surface area contributed by atoms with Crippen molar-refractivity contribution >= 4 is 23.6 Å². The molecule has 14 heteroatoms. The Balaban J connectivity index is 1.54. The second kappa shape index (κ2) is 19.0. The van der Waals surface area contributed by atoms with Crippen molar-refractivity contribution in [3.8, 4) is 11.5 Å². The number of rotatable bonds is 21. The summed E-state index contributed by atoms with van der Waals surface area (Å²) in [6.45, 7) is 6.04. The number of aliphatic hydroxyl groups is 1. The predicted octanol–water partition coefficient (Wildman–Crippen LogP) is 4.21. The predicted molar refractivity (Wildman–Crippen MR) is 185 cm³/mol. The van der Waals surface area contributed by atoms with Gasteiger partial charge in [-0.2, -0.15) is 4.31 Å². The SMILES string of the molecule is CCOC(=O)COP(=O)(CCNCc1ccc(CC(N)C(O)CN(CC(C)C)S(=O)(=O)c2ccc(OC)cc2)cc1)Oc1ccccc1. The zero-order chi connectivity index (χ0) is 35.2. The number of methoxy groups -OCH3 is 1. The first kappa shape index (κ1) is 39.2. The lowest BCUT2D eigenvalue weighted by molar-refractivity contribution is -0.145. The van der Waals surface area contributed by atoms with E-state index in [9.17, 15) is 22.9 Å². The van der Waals surface area contributed by atoms with E-state index in [-0.39, 0.29) is 43.2 Å². The van der Waals surface area contributed by atoms with E-state index >= 15 is 0 Å². The highest BCUT2D eigenvalue weighted by Gasteiger charge is 2.30. The van der Waals surface area contributed by atoms with Crippen molar-refractivity contribution in [1.29, 1.82) is 0 Å². The van der Waals surface area contributed by atoms with Crippen molar-refractivity contribution in [2.75, 3.05) is 46.1 Å². The van der Waals surface area contributed by atoms with Crippen LogP contribution in [0.15, 0.2) is 83.8 Å². The topological polar surface area (TPSA) is 167 Å². The molecular formula is C34H48N3O9PS. The highest BCUT2D eigenvalue weighted by molar-refractivity contribution is 7.89. The number of benzene rings is 3. The lowest BCUT2D eigenvalue weighted by Gasteiger charge is -2.28. The summed E-state index contributed by atoms with van der Waals surface area (Å²) in [4.78, 5) is 11.9. The number of aliphatic hydroxyl groups excluding tert-OH is 1. The van der Waals surface area contributed by atoms with E-state index in [1.54, 1.807) is 49.4 Å². The summed E-state index contributed by atoms with van der Waals surface area (Å²) in [7, 11) is -6.03. The summed E-state index contributed by atoms with van der Waals surface area (Å²) in [5.41, 5.74) is 8.19. The number of nitrogens with one attached hydrogen (secondary N) is 1. The first-order valence-electron chi connectivity index (χ1n) is 15.9. The van der Waals surface area contributed by atoms with E-state index < -0.39 is 42.3 Å². The van der Waals surface area contributed by atoms with E-state index in [1.165, 1.54) is 23.5 Å². The highest BCUT2D eigenvalue weighted by atomic mass is 32.2. The summed E-state index contributed by atoms with van der Waals surface area (Å²) < 4.78 is 62.6. The zero-order valence-corrected chi connectivity index (χ0v) is 29.7. The average Bonchev–Trinajstić information content (AvgIpc) is 3.06. The molecule has 0 heterocycles. The molecule has 0 amide bonds. The smallest absolute Gasteiger partial charge is 0.381 e. The number of carbonyl (C=O) groups excluding carboxylic acids is 1. The number of carbonyl (C=O) groups is 1. The van der Waals surface area contributed by atoms with E-state index in [1.807, 2.05) is 38.1 Å². The van der Waals surface area contributed by atoms with Crippen LogP contribution in [-0.2, 0) is 41.6 Å². The third kappa shape index (κ3) is 12.6. The van der Waals surface area contributed by atoms with Crippen LogP contribution < -0.4 is 20.3 Å². The third-order valence-electron chi connectivity index (χ3n) is 7.21. The molecule has 12 nitrogen and oxygen atoms in total. The molecule has 0 aliphatic rings. The minimum absolute atomic E-state index is 0.0220. The monoisotopic (exact) mass is 705 g/mol. The maximum atomic E-state index is 13.4. The third-order valence-corrected chi connectivity index (χ3v) is 10.8. The normalized spacial score (nSPS) is 14.3. The van der Waals surface area contributed by atoms with Crippen LogP contribution in [0.1, 0.15) is 31.9 Å². The Bertz CT molecular complexity index is 1560. The molecule has 264 valence electrons. The van der Waals surface area contributed by atoms with Gasteiger partial charge in [-0.1, -0.05) is 56.3 Å². The maximum absolute atomic E-state index is 13.4. The maximum Gasteiger partial charge on any atom is 0.381 e.